The van der Waals surface area contributed by atoms with Crippen LogP contribution in [0.5, 0.6) is 6.01 Å². The van der Waals surface area contributed by atoms with E-state index in [9.17, 15) is 0 Å². The van der Waals surface area contributed by atoms with Crippen LogP contribution >= 0.6 is 33.2 Å². The molecule has 8 nitrogen and oxygen atoms in total. The predicted molar refractivity (Wildman–Crippen MR) is 120 cm³/mol. The highest BCUT2D eigenvalue weighted by Crippen LogP contribution is 2.37. The zero-order chi connectivity index (χ0) is 19.7. The van der Waals surface area contributed by atoms with Crippen LogP contribution in [0.25, 0.3) is 0 Å². The molecule has 0 spiro atoms. The average Bonchev–Trinajstić information content (AvgIpc) is 2.69. The molecule has 1 heterocycles. The van der Waals surface area contributed by atoms with Crippen LogP contribution in [0.4, 0.5) is 11.9 Å². The highest BCUT2D eigenvalue weighted by molar-refractivity contribution is 7.80. The standard InChI is InChI=1S/C16H32N5O3PS2/c22-6-1-9-25(10-2-7-23)11-3-8-24-16-20-14(17-4-12-26)19-15(21-16)18-5-13-27/h22-23,26-27H,1-13H2,(H2,17,18,19,20,21). The molecule has 1 rings (SSSR count). The Balaban J connectivity index is 2.52. The van der Waals surface area contributed by atoms with E-state index in [0.29, 0.717) is 49.1 Å². The summed E-state index contributed by atoms with van der Waals surface area (Å²) in [6.45, 7) is 2.28. The summed E-state index contributed by atoms with van der Waals surface area (Å²) < 4.78 is 5.74. The summed E-state index contributed by atoms with van der Waals surface area (Å²) in [4.78, 5) is 12.9. The molecule has 27 heavy (non-hydrogen) atoms. The van der Waals surface area contributed by atoms with Crippen LogP contribution in [0.1, 0.15) is 19.3 Å². The second-order valence-electron chi connectivity index (χ2n) is 5.76. The topological polar surface area (TPSA) is 112 Å². The fourth-order valence-corrected chi connectivity index (χ4v) is 4.94. The number of hydrogen-bond acceptors (Lipinski definition) is 10. The molecule has 0 saturated heterocycles. The van der Waals surface area contributed by atoms with Gasteiger partial charge in [0.1, 0.15) is 0 Å². The highest BCUT2D eigenvalue weighted by atomic mass is 32.1. The predicted octanol–water partition coefficient (Wildman–Crippen LogP) is 1.57. The van der Waals surface area contributed by atoms with E-state index in [2.05, 4.69) is 50.8 Å². The van der Waals surface area contributed by atoms with Crippen molar-refractivity contribution in [3.8, 4) is 6.01 Å². The van der Waals surface area contributed by atoms with Gasteiger partial charge in [0.25, 0.3) is 0 Å². The lowest BCUT2D eigenvalue weighted by Crippen LogP contribution is -2.14. The fraction of sp³-hybridized carbons (Fsp3) is 0.812. The van der Waals surface area contributed by atoms with Crippen LogP contribution in [0.15, 0.2) is 0 Å². The van der Waals surface area contributed by atoms with E-state index in [4.69, 9.17) is 14.9 Å². The molecule has 156 valence electrons. The maximum absolute atomic E-state index is 9.03. The molecule has 1 aromatic rings. The van der Waals surface area contributed by atoms with E-state index in [0.717, 1.165) is 37.7 Å². The Morgan fingerprint density at radius 2 is 1.33 bits per heavy atom. The molecule has 11 heteroatoms. The number of rotatable bonds is 17. The Morgan fingerprint density at radius 1 is 0.815 bits per heavy atom. The minimum atomic E-state index is -0.176. The SMILES string of the molecule is OCCCP(CCCO)CCCOc1nc(NCCS)nc(NCCS)n1. The summed E-state index contributed by atoms with van der Waals surface area (Å²) in [5.74, 6) is 2.27. The molecule has 4 N–H and O–H groups in total. The quantitative estimate of drug-likeness (QED) is 0.124. The van der Waals surface area contributed by atoms with Crippen molar-refractivity contribution in [2.24, 2.45) is 0 Å². The van der Waals surface area contributed by atoms with Crippen LogP contribution in [-0.2, 0) is 0 Å². The summed E-state index contributed by atoms with van der Waals surface area (Å²) in [5.41, 5.74) is 0. The van der Waals surface area contributed by atoms with E-state index < -0.39 is 0 Å². The van der Waals surface area contributed by atoms with Gasteiger partial charge in [-0.3, -0.25) is 0 Å². The van der Waals surface area contributed by atoms with Gasteiger partial charge in [-0.25, -0.2) is 0 Å². The van der Waals surface area contributed by atoms with Crippen LogP contribution < -0.4 is 15.4 Å². The van der Waals surface area contributed by atoms with E-state index in [1.54, 1.807) is 0 Å². The van der Waals surface area contributed by atoms with Gasteiger partial charge in [-0.15, -0.1) is 7.92 Å². The molecule has 0 radical (unpaired) electrons. The first kappa shape index (κ1) is 24.5. The molecule has 0 aliphatic carbocycles. The van der Waals surface area contributed by atoms with Crippen LogP contribution in [0.2, 0.25) is 0 Å². The molecule has 0 unspecified atom stereocenters. The monoisotopic (exact) mass is 437 g/mol. The second-order valence-corrected chi connectivity index (χ2v) is 9.34. The second kappa shape index (κ2) is 16.4. The maximum atomic E-state index is 9.03. The number of nitrogens with one attached hydrogen (secondary N) is 2. The van der Waals surface area contributed by atoms with E-state index in [-0.39, 0.29) is 21.1 Å². The summed E-state index contributed by atoms with van der Waals surface area (Å²) in [6, 6.07) is 0.295. The van der Waals surface area contributed by atoms with E-state index in [1.165, 1.54) is 0 Å². The number of ether oxygens (including phenoxy) is 1. The molecule has 0 aliphatic heterocycles. The van der Waals surface area contributed by atoms with Gasteiger partial charge in [0.15, 0.2) is 0 Å². The Morgan fingerprint density at radius 3 is 1.81 bits per heavy atom. The van der Waals surface area contributed by atoms with Crippen molar-refractivity contribution in [3.05, 3.63) is 0 Å². The molecular weight excluding hydrogens is 405 g/mol. The van der Waals surface area contributed by atoms with Crippen molar-refractivity contribution >= 4 is 45.1 Å². The van der Waals surface area contributed by atoms with Crippen LogP contribution in [0, 0.1) is 0 Å². The molecule has 0 atom stereocenters. The number of aliphatic hydroxyl groups excluding tert-OH is 2. The smallest absolute Gasteiger partial charge is 0.323 e. The zero-order valence-corrected chi connectivity index (χ0v) is 18.4. The third-order valence-electron chi connectivity index (χ3n) is 3.52. The molecular formula is C16H32N5O3PS2. The number of hydrogen-bond donors (Lipinski definition) is 6. The van der Waals surface area contributed by atoms with E-state index in [1.807, 2.05) is 0 Å². The van der Waals surface area contributed by atoms with Crippen molar-refractivity contribution in [2.45, 2.75) is 19.3 Å². The lowest BCUT2D eigenvalue weighted by molar-refractivity contribution is 0.291. The Kier molecular flexibility index (Phi) is 14.9. The van der Waals surface area contributed by atoms with Crippen molar-refractivity contribution < 1.29 is 14.9 Å². The first-order chi connectivity index (χ1) is 13.2. The molecule has 0 aromatic carbocycles. The summed E-state index contributed by atoms with van der Waals surface area (Å²) in [7, 11) is -0.176. The molecule has 0 fully saturated rings. The number of aliphatic hydroxyl groups is 2. The largest absolute Gasteiger partial charge is 0.463 e. The number of nitrogens with zero attached hydrogens (tertiary/aromatic N) is 3. The molecule has 0 amide bonds. The van der Waals surface area contributed by atoms with Gasteiger partial charge in [-0.1, -0.05) is 0 Å². The first-order valence-corrected chi connectivity index (χ1v) is 12.4. The minimum Gasteiger partial charge on any atom is -0.463 e. The normalized spacial score (nSPS) is 11.0. The average molecular weight is 438 g/mol. The van der Waals surface area contributed by atoms with E-state index >= 15 is 0 Å². The lowest BCUT2D eigenvalue weighted by atomic mass is 10.5. The Hall–Kier alpha value is -0.540. The van der Waals surface area contributed by atoms with Crippen molar-refractivity contribution in [2.75, 3.05) is 73.5 Å². The van der Waals surface area contributed by atoms with Crippen LogP contribution in [0.3, 0.4) is 0 Å². The zero-order valence-electron chi connectivity index (χ0n) is 15.7. The third-order valence-corrected chi connectivity index (χ3v) is 6.81. The van der Waals surface area contributed by atoms with Gasteiger partial charge in [-0.2, -0.15) is 40.2 Å². The first-order valence-electron chi connectivity index (χ1n) is 9.26. The van der Waals surface area contributed by atoms with Gasteiger partial charge in [-0.05, 0) is 37.7 Å². The van der Waals surface area contributed by atoms with Gasteiger partial charge in [0.05, 0.1) is 6.61 Å². The van der Waals surface area contributed by atoms with Crippen molar-refractivity contribution in [1.82, 2.24) is 15.0 Å². The Bertz CT molecular complexity index is 471. The third kappa shape index (κ3) is 11.8. The summed E-state index contributed by atoms with van der Waals surface area (Å²) >= 11 is 8.35. The molecule has 0 saturated carbocycles. The van der Waals surface area contributed by atoms with Crippen LogP contribution in [-0.4, -0.2) is 88.1 Å². The molecule has 0 bridgehead atoms. The summed E-state index contributed by atoms with van der Waals surface area (Å²) in [6.07, 6.45) is 5.67. The number of thiol groups is 2. The summed E-state index contributed by atoms with van der Waals surface area (Å²) in [5, 5.41) is 24.2. The van der Waals surface area contributed by atoms with Gasteiger partial charge in [0, 0.05) is 37.8 Å². The van der Waals surface area contributed by atoms with Gasteiger partial charge in [0.2, 0.25) is 11.9 Å². The molecule has 0 aliphatic rings. The Labute approximate surface area is 173 Å². The molecule has 1 aromatic heterocycles. The fourth-order valence-electron chi connectivity index (χ4n) is 2.29. The van der Waals surface area contributed by atoms with Gasteiger partial charge >= 0.3 is 6.01 Å². The maximum Gasteiger partial charge on any atom is 0.323 e. The van der Waals surface area contributed by atoms with Crippen molar-refractivity contribution in [1.29, 1.82) is 0 Å². The minimum absolute atomic E-state index is 0.176. The van der Waals surface area contributed by atoms with Gasteiger partial charge < -0.3 is 25.6 Å². The lowest BCUT2D eigenvalue weighted by Gasteiger charge is -2.17. The van der Waals surface area contributed by atoms with Crippen molar-refractivity contribution in [3.63, 3.8) is 0 Å². The number of anilines is 2. The highest BCUT2D eigenvalue weighted by Gasteiger charge is 2.10. The number of aromatic nitrogens is 3.